The first kappa shape index (κ1) is 3.75. The predicted molar refractivity (Wildman–Crippen MR) is 22.6 cm³/mol. The molecule has 0 spiro atoms. The first-order valence-electron chi connectivity index (χ1n) is 1.49. The SMILES string of the molecule is Clc1c[c]co1. The third-order valence-corrected chi connectivity index (χ3v) is 0.635. The number of halogens is 1. The van der Waals surface area contributed by atoms with E-state index in [1.54, 1.807) is 6.07 Å². The topological polar surface area (TPSA) is 13.1 Å². The van der Waals surface area contributed by atoms with E-state index >= 15 is 0 Å². The Kier molecular flexibility index (Phi) is 0.843. The average Bonchev–Trinajstić information content (AvgIpc) is 1.86. The zero-order valence-electron chi connectivity index (χ0n) is 2.94. The van der Waals surface area contributed by atoms with E-state index in [-0.39, 0.29) is 0 Å². The van der Waals surface area contributed by atoms with E-state index in [0.717, 1.165) is 0 Å². The van der Waals surface area contributed by atoms with Crippen LogP contribution in [0.3, 0.4) is 0 Å². The molecule has 6 heavy (non-hydrogen) atoms. The summed E-state index contributed by atoms with van der Waals surface area (Å²) in [5.41, 5.74) is 0. The lowest BCUT2D eigenvalue weighted by Crippen LogP contribution is -1.35. The van der Waals surface area contributed by atoms with Crippen molar-refractivity contribution in [3.8, 4) is 0 Å². The molecule has 0 bridgehead atoms. The Morgan fingerprint density at radius 2 is 2.67 bits per heavy atom. The molecule has 1 rings (SSSR count). The second-order valence-electron chi connectivity index (χ2n) is 0.851. The largest absolute Gasteiger partial charge is 0.452 e. The van der Waals surface area contributed by atoms with E-state index in [9.17, 15) is 0 Å². The van der Waals surface area contributed by atoms with Gasteiger partial charge in [0.25, 0.3) is 0 Å². The maximum atomic E-state index is 5.26. The van der Waals surface area contributed by atoms with Crippen LogP contribution in [0.15, 0.2) is 16.7 Å². The number of hydrogen-bond donors (Lipinski definition) is 0. The molecule has 1 aromatic heterocycles. The molecule has 0 unspecified atom stereocenters. The molecule has 0 aromatic carbocycles. The fourth-order valence-corrected chi connectivity index (χ4v) is 0.331. The summed E-state index contributed by atoms with van der Waals surface area (Å²) >= 11 is 5.26. The van der Waals surface area contributed by atoms with Gasteiger partial charge >= 0.3 is 0 Å². The van der Waals surface area contributed by atoms with Gasteiger partial charge in [0, 0.05) is 12.1 Å². The van der Waals surface area contributed by atoms with Crippen molar-refractivity contribution in [1.82, 2.24) is 0 Å². The van der Waals surface area contributed by atoms with Crippen molar-refractivity contribution < 1.29 is 4.42 Å². The van der Waals surface area contributed by atoms with Gasteiger partial charge in [0.2, 0.25) is 0 Å². The molecule has 0 saturated carbocycles. The third-order valence-electron chi connectivity index (χ3n) is 0.436. The van der Waals surface area contributed by atoms with Crippen LogP contribution in [0.2, 0.25) is 5.22 Å². The molecule has 1 nitrogen and oxygen atoms in total. The van der Waals surface area contributed by atoms with Crippen molar-refractivity contribution in [3.05, 3.63) is 23.6 Å². The van der Waals surface area contributed by atoms with Crippen LogP contribution in [-0.4, -0.2) is 0 Å². The van der Waals surface area contributed by atoms with Gasteiger partial charge in [0.1, 0.15) is 6.26 Å². The minimum Gasteiger partial charge on any atom is -0.452 e. The predicted octanol–water partition coefficient (Wildman–Crippen LogP) is 1.73. The van der Waals surface area contributed by atoms with E-state index in [1.807, 2.05) is 0 Å². The maximum Gasteiger partial charge on any atom is 0.193 e. The van der Waals surface area contributed by atoms with Gasteiger partial charge < -0.3 is 4.42 Å². The van der Waals surface area contributed by atoms with Crippen LogP contribution >= 0.6 is 11.6 Å². The van der Waals surface area contributed by atoms with E-state index < -0.39 is 0 Å². The highest BCUT2D eigenvalue weighted by molar-refractivity contribution is 6.28. The molecular weight excluding hydrogens is 99.5 g/mol. The fourth-order valence-electron chi connectivity index (χ4n) is 0.224. The lowest BCUT2D eigenvalue weighted by Gasteiger charge is -1.65. The van der Waals surface area contributed by atoms with E-state index in [0.29, 0.717) is 5.22 Å². The van der Waals surface area contributed by atoms with E-state index in [4.69, 9.17) is 11.6 Å². The number of rotatable bonds is 0. The summed E-state index contributed by atoms with van der Waals surface area (Å²) in [4.78, 5) is 0. The summed E-state index contributed by atoms with van der Waals surface area (Å²) in [6.07, 6.45) is 1.41. The van der Waals surface area contributed by atoms with Gasteiger partial charge in [-0.15, -0.1) is 0 Å². The summed E-state index contributed by atoms with van der Waals surface area (Å²) in [6.45, 7) is 0. The summed E-state index contributed by atoms with van der Waals surface area (Å²) in [5, 5.41) is 0.384. The van der Waals surface area contributed by atoms with E-state index in [2.05, 4.69) is 10.5 Å². The van der Waals surface area contributed by atoms with E-state index in [1.165, 1.54) is 6.26 Å². The molecule has 0 fully saturated rings. The molecule has 0 saturated heterocycles. The first-order valence-corrected chi connectivity index (χ1v) is 1.87. The molecule has 1 aromatic rings. The quantitative estimate of drug-likeness (QED) is 0.485. The highest BCUT2D eigenvalue weighted by atomic mass is 35.5. The van der Waals surface area contributed by atoms with Gasteiger partial charge in [-0.3, -0.25) is 0 Å². The van der Waals surface area contributed by atoms with Gasteiger partial charge in [0.05, 0.1) is 0 Å². The summed E-state index contributed by atoms with van der Waals surface area (Å²) < 4.78 is 4.54. The van der Waals surface area contributed by atoms with Crippen molar-refractivity contribution in [2.24, 2.45) is 0 Å². The highest BCUT2D eigenvalue weighted by Gasteiger charge is 1.80. The Morgan fingerprint density at radius 1 is 1.83 bits per heavy atom. The molecule has 1 heterocycles. The lowest BCUT2D eigenvalue weighted by atomic mass is 10.7. The van der Waals surface area contributed by atoms with Gasteiger partial charge in [0.15, 0.2) is 5.22 Å². The van der Waals surface area contributed by atoms with Gasteiger partial charge in [-0.25, -0.2) is 0 Å². The zero-order valence-corrected chi connectivity index (χ0v) is 3.70. The van der Waals surface area contributed by atoms with Crippen LogP contribution in [0.1, 0.15) is 0 Å². The smallest absolute Gasteiger partial charge is 0.193 e. The van der Waals surface area contributed by atoms with Crippen molar-refractivity contribution in [2.45, 2.75) is 0 Å². The van der Waals surface area contributed by atoms with Crippen LogP contribution in [0, 0.1) is 6.07 Å². The summed E-state index contributed by atoms with van der Waals surface area (Å²) in [6, 6.07) is 4.19. The first-order chi connectivity index (χ1) is 2.89. The van der Waals surface area contributed by atoms with Crippen molar-refractivity contribution in [1.29, 1.82) is 0 Å². The van der Waals surface area contributed by atoms with Crippen LogP contribution < -0.4 is 0 Å². The van der Waals surface area contributed by atoms with Gasteiger partial charge in [-0.2, -0.15) is 0 Å². The Morgan fingerprint density at radius 3 is 2.83 bits per heavy atom. The van der Waals surface area contributed by atoms with Crippen LogP contribution in [-0.2, 0) is 0 Å². The Balaban J connectivity index is 3.05. The standard InChI is InChI=1S/C4H2ClO/c5-4-2-1-3-6-4/h2-3H. The van der Waals surface area contributed by atoms with Gasteiger partial charge in [-0.1, -0.05) is 0 Å². The molecular formula is C4H2ClO. The third kappa shape index (κ3) is 0.546. The van der Waals surface area contributed by atoms with Crippen molar-refractivity contribution >= 4 is 11.6 Å². The summed E-state index contributed by atoms with van der Waals surface area (Å²) in [5.74, 6) is 0. The minimum atomic E-state index is 0.384. The Bertz CT molecular complexity index is 111. The van der Waals surface area contributed by atoms with Crippen molar-refractivity contribution in [2.75, 3.05) is 0 Å². The molecule has 2 heteroatoms. The average molecular weight is 102 g/mol. The zero-order chi connectivity index (χ0) is 4.41. The van der Waals surface area contributed by atoms with Crippen LogP contribution in [0.4, 0.5) is 0 Å². The second-order valence-corrected chi connectivity index (χ2v) is 1.22. The lowest BCUT2D eigenvalue weighted by molar-refractivity contribution is 0.569. The molecule has 1 radical (unpaired) electrons. The molecule has 0 amide bonds. The fraction of sp³-hybridized carbons (Fsp3) is 0. The van der Waals surface area contributed by atoms with Crippen LogP contribution in [0.5, 0.6) is 0 Å². The minimum absolute atomic E-state index is 0.384. The molecule has 0 N–H and O–H groups in total. The monoisotopic (exact) mass is 101 g/mol. The van der Waals surface area contributed by atoms with Gasteiger partial charge in [-0.05, 0) is 11.6 Å². The number of furan rings is 1. The number of hydrogen-bond acceptors (Lipinski definition) is 1. The Labute approximate surface area is 40.5 Å². The molecule has 0 aliphatic heterocycles. The molecule has 0 atom stereocenters. The van der Waals surface area contributed by atoms with Crippen molar-refractivity contribution in [3.63, 3.8) is 0 Å². The molecule has 0 aliphatic rings. The Hall–Kier alpha value is -0.430. The molecule has 31 valence electrons. The normalized spacial score (nSPS) is 8.83. The maximum absolute atomic E-state index is 5.26. The molecule has 0 aliphatic carbocycles. The van der Waals surface area contributed by atoms with Crippen LogP contribution in [0.25, 0.3) is 0 Å². The summed E-state index contributed by atoms with van der Waals surface area (Å²) in [7, 11) is 0. The second kappa shape index (κ2) is 1.35. The highest BCUT2D eigenvalue weighted by Crippen LogP contribution is 2.04.